The highest BCUT2D eigenvalue weighted by molar-refractivity contribution is 7.89. The first-order valence-corrected chi connectivity index (χ1v) is 13.3. The number of carbonyl (C=O) groups excluding carboxylic acids is 1. The van der Waals surface area contributed by atoms with E-state index in [1.165, 1.54) is 37.6 Å². The molecule has 0 unspecified atom stereocenters. The summed E-state index contributed by atoms with van der Waals surface area (Å²) in [7, 11) is -0.624. The summed E-state index contributed by atoms with van der Waals surface area (Å²) in [6.45, 7) is 1.89. The number of carbonyl (C=O) groups is 1. The lowest BCUT2D eigenvalue weighted by atomic mass is 10.1. The fourth-order valence-electron chi connectivity index (χ4n) is 3.65. The highest BCUT2D eigenvalue weighted by Gasteiger charge is 2.20. The van der Waals surface area contributed by atoms with Gasteiger partial charge in [-0.25, -0.2) is 27.4 Å². The van der Waals surface area contributed by atoms with Crippen molar-refractivity contribution in [3.63, 3.8) is 0 Å². The normalized spacial score (nSPS) is 11.8. The van der Waals surface area contributed by atoms with Crippen molar-refractivity contribution in [1.29, 1.82) is 0 Å². The Morgan fingerprint density at radius 3 is 2.53 bits per heavy atom. The molecule has 0 aliphatic heterocycles. The van der Waals surface area contributed by atoms with E-state index in [2.05, 4.69) is 20.4 Å². The predicted octanol–water partition coefficient (Wildman–Crippen LogP) is 4.36. The van der Waals surface area contributed by atoms with Gasteiger partial charge in [0.1, 0.15) is 0 Å². The minimum atomic E-state index is -3.56. The number of anilines is 1. The lowest BCUT2D eigenvalue weighted by Crippen LogP contribution is -2.22. The predicted molar refractivity (Wildman–Crippen MR) is 140 cm³/mol. The van der Waals surface area contributed by atoms with Crippen molar-refractivity contribution in [1.82, 2.24) is 24.1 Å². The Labute approximate surface area is 212 Å². The summed E-state index contributed by atoms with van der Waals surface area (Å²) in [5, 5.41) is 7.36. The maximum atomic E-state index is 13.1. The molecule has 36 heavy (non-hydrogen) atoms. The summed E-state index contributed by atoms with van der Waals surface area (Å²) >= 11 is 1.54. The maximum Gasteiger partial charge on any atom is 0.276 e. The van der Waals surface area contributed by atoms with Crippen LogP contribution in [0.3, 0.4) is 0 Å². The zero-order valence-corrected chi connectivity index (χ0v) is 21.3. The average Bonchev–Trinajstić information content (AvgIpc) is 3.51. The van der Waals surface area contributed by atoms with Gasteiger partial charge in [-0.05, 0) is 61.5 Å². The molecule has 2 aromatic carbocycles. The molecule has 0 bridgehead atoms. The first-order valence-electron chi connectivity index (χ1n) is 10.9. The zero-order chi connectivity index (χ0) is 25.4. The van der Waals surface area contributed by atoms with Crippen molar-refractivity contribution in [3.05, 3.63) is 83.6 Å². The van der Waals surface area contributed by atoms with Crippen molar-refractivity contribution in [2.75, 3.05) is 19.4 Å². The Morgan fingerprint density at radius 2 is 1.81 bits per heavy atom. The average molecular weight is 519 g/mol. The lowest BCUT2D eigenvalue weighted by Gasteiger charge is -2.11. The third kappa shape index (κ3) is 4.51. The zero-order valence-electron chi connectivity index (χ0n) is 19.7. The molecule has 0 spiro atoms. The maximum absolute atomic E-state index is 13.1. The molecule has 1 N–H and O–H groups in total. The fourth-order valence-corrected chi connectivity index (χ4v) is 5.27. The van der Waals surface area contributed by atoms with Crippen LogP contribution < -0.4 is 5.32 Å². The minimum absolute atomic E-state index is 0.140. The Bertz CT molecular complexity index is 1690. The summed E-state index contributed by atoms with van der Waals surface area (Å²) < 4.78 is 28.4. The van der Waals surface area contributed by atoms with E-state index in [0.717, 1.165) is 25.8 Å². The van der Waals surface area contributed by atoms with E-state index in [1.54, 1.807) is 28.4 Å². The molecule has 0 radical (unpaired) electrons. The first kappa shape index (κ1) is 23.8. The molecular formula is C25H22N6O3S2. The third-order valence-corrected chi connectivity index (χ3v) is 8.17. The molecule has 3 heterocycles. The second-order valence-corrected chi connectivity index (χ2v) is 11.3. The molecule has 0 saturated carbocycles. The SMILES string of the molecule is Cc1cccc(-n2nc(C(=O)Nc3ccc(S(=O)(=O)N(C)C)cc3)cc2-c2ccc3ncsc3c2)n1. The number of rotatable bonds is 6. The van der Waals surface area contributed by atoms with Gasteiger partial charge in [-0.3, -0.25) is 4.79 Å². The van der Waals surface area contributed by atoms with Gasteiger partial charge in [0.2, 0.25) is 10.0 Å². The number of benzene rings is 2. The van der Waals surface area contributed by atoms with E-state index in [-0.39, 0.29) is 10.6 Å². The second-order valence-electron chi connectivity index (χ2n) is 8.26. The summed E-state index contributed by atoms with van der Waals surface area (Å²) in [5.74, 6) is 0.163. The van der Waals surface area contributed by atoms with Gasteiger partial charge in [-0.15, -0.1) is 11.3 Å². The van der Waals surface area contributed by atoms with Crippen molar-refractivity contribution >= 4 is 43.2 Å². The number of thiazole rings is 1. The van der Waals surface area contributed by atoms with Gasteiger partial charge in [0.25, 0.3) is 5.91 Å². The van der Waals surface area contributed by atoms with E-state index in [4.69, 9.17) is 0 Å². The molecule has 0 fully saturated rings. The Hall–Kier alpha value is -3.93. The molecule has 3 aromatic heterocycles. The van der Waals surface area contributed by atoms with Crippen LogP contribution in [0.5, 0.6) is 0 Å². The smallest absolute Gasteiger partial charge is 0.276 e. The van der Waals surface area contributed by atoms with Gasteiger partial charge in [0.05, 0.1) is 26.3 Å². The highest BCUT2D eigenvalue weighted by atomic mass is 32.2. The van der Waals surface area contributed by atoms with Crippen LogP contribution in [0.4, 0.5) is 5.69 Å². The quantitative estimate of drug-likeness (QED) is 0.358. The molecule has 5 rings (SSSR count). The monoisotopic (exact) mass is 518 g/mol. The largest absolute Gasteiger partial charge is 0.321 e. The van der Waals surface area contributed by atoms with Crippen LogP contribution in [0.15, 0.2) is 77.1 Å². The van der Waals surface area contributed by atoms with Crippen LogP contribution in [0.25, 0.3) is 27.3 Å². The Morgan fingerprint density at radius 1 is 1.03 bits per heavy atom. The van der Waals surface area contributed by atoms with Gasteiger partial charge < -0.3 is 5.32 Å². The summed E-state index contributed by atoms with van der Waals surface area (Å²) in [6.07, 6.45) is 0. The number of fused-ring (bicyclic) bond motifs is 1. The van der Waals surface area contributed by atoms with Gasteiger partial charge in [0, 0.05) is 31.0 Å². The van der Waals surface area contributed by atoms with E-state index in [9.17, 15) is 13.2 Å². The molecule has 0 saturated heterocycles. The molecule has 9 nitrogen and oxygen atoms in total. The Balaban J connectivity index is 1.50. The van der Waals surface area contributed by atoms with Crippen LogP contribution in [0.2, 0.25) is 0 Å². The van der Waals surface area contributed by atoms with E-state index < -0.39 is 15.9 Å². The van der Waals surface area contributed by atoms with E-state index in [1.807, 2.05) is 43.3 Å². The van der Waals surface area contributed by atoms with Crippen LogP contribution in [-0.2, 0) is 10.0 Å². The summed E-state index contributed by atoms with van der Waals surface area (Å²) in [4.78, 5) is 22.2. The van der Waals surface area contributed by atoms with Crippen molar-refractivity contribution in [3.8, 4) is 17.1 Å². The van der Waals surface area contributed by atoms with Crippen molar-refractivity contribution < 1.29 is 13.2 Å². The van der Waals surface area contributed by atoms with E-state index in [0.29, 0.717) is 17.2 Å². The second kappa shape index (κ2) is 9.26. The number of hydrogen-bond acceptors (Lipinski definition) is 7. The number of amides is 1. The number of sulfonamides is 1. The van der Waals surface area contributed by atoms with Crippen LogP contribution in [0.1, 0.15) is 16.2 Å². The molecule has 0 aliphatic carbocycles. The lowest BCUT2D eigenvalue weighted by molar-refractivity contribution is 0.102. The summed E-state index contributed by atoms with van der Waals surface area (Å²) in [5.41, 5.74) is 5.76. The molecule has 11 heteroatoms. The molecule has 182 valence electrons. The highest BCUT2D eigenvalue weighted by Crippen LogP contribution is 2.29. The van der Waals surface area contributed by atoms with Crippen LogP contribution >= 0.6 is 11.3 Å². The number of hydrogen-bond donors (Lipinski definition) is 1. The minimum Gasteiger partial charge on any atom is -0.321 e. The van der Waals surface area contributed by atoms with Crippen molar-refractivity contribution in [2.45, 2.75) is 11.8 Å². The number of nitrogens with one attached hydrogen (secondary N) is 1. The molecule has 0 atom stereocenters. The number of nitrogens with zero attached hydrogens (tertiary/aromatic N) is 5. The molecule has 1 amide bonds. The number of aryl methyl sites for hydroxylation is 1. The van der Waals surface area contributed by atoms with Gasteiger partial charge >= 0.3 is 0 Å². The van der Waals surface area contributed by atoms with Crippen LogP contribution in [0, 0.1) is 6.92 Å². The first-order chi connectivity index (χ1) is 17.2. The Kier molecular flexibility index (Phi) is 6.12. The van der Waals surface area contributed by atoms with E-state index >= 15 is 0 Å². The van der Waals surface area contributed by atoms with Gasteiger partial charge in [-0.2, -0.15) is 5.10 Å². The fraction of sp³-hybridized carbons (Fsp3) is 0.120. The number of pyridine rings is 1. The van der Waals surface area contributed by atoms with Crippen LogP contribution in [-0.4, -0.2) is 52.5 Å². The van der Waals surface area contributed by atoms with Gasteiger partial charge in [0.15, 0.2) is 11.5 Å². The molecular weight excluding hydrogens is 496 g/mol. The topological polar surface area (TPSA) is 110 Å². The number of aromatic nitrogens is 4. The standard InChI is InChI=1S/C25H22N6O3S2/c1-16-5-4-6-24(27-16)31-22(17-7-12-20-23(13-17)35-15-26-20)14-21(29-31)25(32)28-18-8-10-19(11-9-18)36(33,34)30(2)3/h4-15H,1-3H3,(H,28,32). The third-order valence-electron chi connectivity index (χ3n) is 5.55. The van der Waals surface area contributed by atoms with Gasteiger partial charge in [-0.1, -0.05) is 12.1 Å². The summed E-state index contributed by atoms with van der Waals surface area (Å²) in [6, 6.07) is 19.2. The molecule has 0 aliphatic rings. The van der Waals surface area contributed by atoms with Crippen molar-refractivity contribution in [2.24, 2.45) is 0 Å². The molecule has 5 aromatic rings.